The molecule has 0 aliphatic carbocycles. The second kappa shape index (κ2) is 7.35. The van der Waals surface area contributed by atoms with Gasteiger partial charge >= 0.3 is 12.2 Å². The zero-order chi connectivity index (χ0) is 17.7. The quantitative estimate of drug-likeness (QED) is 0.868. The van der Waals surface area contributed by atoms with Crippen molar-refractivity contribution in [2.45, 2.75) is 12.7 Å². The lowest BCUT2D eigenvalue weighted by Gasteiger charge is -2.14. The monoisotopic (exact) mass is 337 g/mol. The molecule has 2 aromatic carbocycles. The van der Waals surface area contributed by atoms with Gasteiger partial charge in [-0.1, -0.05) is 24.3 Å². The number of para-hydroxylation sites is 1. The summed E-state index contributed by atoms with van der Waals surface area (Å²) >= 11 is 0. The Balaban J connectivity index is 2.04. The Kier molecular flexibility index (Phi) is 5.46. The van der Waals surface area contributed by atoms with Gasteiger partial charge in [-0.2, -0.15) is 13.2 Å². The van der Waals surface area contributed by atoms with Gasteiger partial charge in [0.2, 0.25) is 0 Å². The molecule has 0 aliphatic rings. The van der Waals surface area contributed by atoms with E-state index in [9.17, 15) is 18.0 Å². The van der Waals surface area contributed by atoms with Gasteiger partial charge in [0.25, 0.3) is 0 Å². The minimum Gasteiger partial charge on any atom is -0.308 e. The predicted octanol–water partition coefficient (Wildman–Crippen LogP) is 4.41. The van der Waals surface area contributed by atoms with E-state index in [0.29, 0.717) is 5.69 Å². The number of urea groups is 1. The Labute approximate surface area is 138 Å². The fourth-order valence-corrected chi connectivity index (χ4v) is 2.18. The largest absolute Gasteiger partial charge is 0.418 e. The van der Waals surface area contributed by atoms with Crippen LogP contribution in [0, 0.1) is 0 Å². The second-order valence-corrected chi connectivity index (χ2v) is 5.56. The molecule has 2 aromatic rings. The molecule has 0 saturated heterocycles. The summed E-state index contributed by atoms with van der Waals surface area (Å²) in [6.07, 6.45) is -4.53. The smallest absolute Gasteiger partial charge is 0.308 e. The number of alkyl halides is 3. The molecule has 7 heteroatoms. The Hall–Kier alpha value is -2.54. The minimum atomic E-state index is -4.53. The van der Waals surface area contributed by atoms with Crippen molar-refractivity contribution in [1.29, 1.82) is 0 Å². The average Bonchev–Trinajstić information content (AvgIpc) is 2.48. The zero-order valence-corrected chi connectivity index (χ0v) is 13.3. The third kappa shape index (κ3) is 4.99. The first-order valence-corrected chi connectivity index (χ1v) is 7.23. The van der Waals surface area contributed by atoms with Gasteiger partial charge < -0.3 is 15.5 Å². The molecule has 0 aliphatic heterocycles. The van der Waals surface area contributed by atoms with Crippen LogP contribution >= 0.6 is 0 Å². The number of amides is 2. The maximum Gasteiger partial charge on any atom is 0.418 e. The number of carbonyl (C=O) groups excluding carboxylic acids is 1. The summed E-state index contributed by atoms with van der Waals surface area (Å²) < 4.78 is 38.7. The average molecular weight is 337 g/mol. The maximum atomic E-state index is 12.9. The number of benzene rings is 2. The van der Waals surface area contributed by atoms with E-state index in [1.54, 1.807) is 12.1 Å². The van der Waals surface area contributed by atoms with Gasteiger partial charge in [0.05, 0.1) is 11.3 Å². The molecule has 24 heavy (non-hydrogen) atoms. The fourth-order valence-electron chi connectivity index (χ4n) is 2.18. The van der Waals surface area contributed by atoms with Crippen molar-refractivity contribution in [3.8, 4) is 0 Å². The Morgan fingerprint density at radius 3 is 2.21 bits per heavy atom. The van der Waals surface area contributed by atoms with Crippen molar-refractivity contribution < 1.29 is 18.0 Å². The Morgan fingerprint density at radius 2 is 1.62 bits per heavy atom. The highest BCUT2D eigenvalue weighted by atomic mass is 19.4. The predicted molar refractivity (Wildman–Crippen MR) is 87.9 cm³/mol. The third-order valence-corrected chi connectivity index (χ3v) is 3.19. The van der Waals surface area contributed by atoms with Crippen LogP contribution in [0.3, 0.4) is 0 Å². The van der Waals surface area contributed by atoms with E-state index in [1.807, 2.05) is 31.1 Å². The molecule has 0 unspecified atom stereocenters. The lowest BCUT2D eigenvalue weighted by Crippen LogP contribution is -2.21. The first-order chi connectivity index (χ1) is 11.3. The number of anilines is 2. The minimum absolute atomic E-state index is 0.285. The summed E-state index contributed by atoms with van der Waals surface area (Å²) in [5.41, 5.74) is 0.390. The van der Waals surface area contributed by atoms with E-state index in [-0.39, 0.29) is 5.69 Å². The standard InChI is InChI=1S/C17H18F3N3O/c1-23(2)11-12-7-9-13(10-8-12)21-16(24)22-15-6-4-3-5-14(15)17(18,19)20/h3-10H,11H2,1-2H3,(H2,21,22,24). The van der Waals surface area contributed by atoms with Crippen molar-refractivity contribution in [1.82, 2.24) is 4.90 Å². The highest BCUT2D eigenvalue weighted by Gasteiger charge is 2.33. The normalized spacial score (nSPS) is 11.4. The Bertz CT molecular complexity index is 697. The van der Waals surface area contributed by atoms with E-state index in [0.717, 1.165) is 18.2 Å². The molecular weight excluding hydrogens is 319 g/mol. The maximum absolute atomic E-state index is 12.9. The molecule has 2 amide bonds. The highest BCUT2D eigenvalue weighted by molar-refractivity contribution is 6.00. The Morgan fingerprint density at radius 1 is 1.00 bits per heavy atom. The van der Waals surface area contributed by atoms with E-state index in [4.69, 9.17) is 0 Å². The molecule has 0 fully saturated rings. The van der Waals surface area contributed by atoms with Crippen LogP contribution in [0.2, 0.25) is 0 Å². The molecule has 128 valence electrons. The molecule has 0 spiro atoms. The molecule has 0 aromatic heterocycles. The summed E-state index contributed by atoms with van der Waals surface area (Å²) in [6.45, 7) is 0.755. The number of nitrogens with one attached hydrogen (secondary N) is 2. The van der Waals surface area contributed by atoms with Crippen LogP contribution < -0.4 is 10.6 Å². The van der Waals surface area contributed by atoms with Crippen LogP contribution in [0.5, 0.6) is 0 Å². The van der Waals surface area contributed by atoms with Crippen molar-refractivity contribution in [3.63, 3.8) is 0 Å². The van der Waals surface area contributed by atoms with Crippen LogP contribution in [0.4, 0.5) is 29.3 Å². The molecule has 0 bridgehead atoms. The molecular formula is C17H18F3N3O. The van der Waals surface area contributed by atoms with Gasteiger partial charge in [-0.05, 0) is 43.9 Å². The van der Waals surface area contributed by atoms with Gasteiger partial charge in [0, 0.05) is 12.2 Å². The zero-order valence-electron chi connectivity index (χ0n) is 13.3. The number of halogens is 3. The van der Waals surface area contributed by atoms with Crippen LogP contribution in [0.15, 0.2) is 48.5 Å². The lowest BCUT2D eigenvalue weighted by molar-refractivity contribution is -0.136. The van der Waals surface area contributed by atoms with Gasteiger partial charge in [-0.3, -0.25) is 0 Å². The fraction of sp³-hybridized carbons (Fsp3) is 0.235. The van der Waals surface area contributed by atoms with E-state index in [2.05, 4.69) is 10.6 Å². The van der Waals surface area contributed by atoms with Crippen molar-refractivity contribution in [3.05, 3.63) is 59.7 Å². The summed E-state index contributed by atoms with van der Waals surface area (Å²) in [7, 11) is 3.88. The molecule has 2 rings (SSSR count). The summed E-state index contributed by atoms with van der Waals surface area (Å²) in [5.74, 6) is 0. The first kappa shape index (κ1) is 17.8. The molecule has 0 radical (unpaired) electrons. The second-order valence-electron chi connectivity index (χ2n) is 5.56. The summed E-state index contributed by atoms with van der Waals surface area (Å²) in [5, 5.41) is 4.75. The van der Waals surface area contributed by atoms with Crippen LogP contribution in [0.25, 0.3) is 0 Å². The molecule has 2 N–H and O–H groups in total. The van der Waals surface area contributed by atoms with Crippen LogP contribution in [-0.2, 0) is 12.7 Å². The van der Waals surface area contributed by atoms with Crippen LogP contribution in [0.1, 0.15) is 11.1 Å². The molecule has 0 atom stereocenters. The van der Waals surface area contributed by atoms with Crippen molar-refractivity contribution in [2.24, 2.45) is 0 Å². The van der Waals surface area contributed by atoms with E-state index in [1.165, 1.54) is 18.2 Å². The number of nitrogens with zero attached hydrogens (tertiary/aromatic N) is 1. The SMILES string of the molecule is CN(C)Cc1ccc(NC(=O)Nc2ccccc2C(F)(F)F)cc1. The number of rotatable bonds is 4. The van der Waals surface area contributed by atoms with Crippen LogP contribution in [-0.4, -0.2) is 25.0 Å². The van der Waals surface area contributed by atoms with Gasteiger partial charge in [-0.15, -0.1) is 0 Å². The number of hydrogen-bond donors (Lipinski definition) is 2. The topological polar surface area (TPSA) is 44.4 Å². The van der Waals surface area contributed by atoms with Crippen molar-refractivity contribution in [2.75, 3.05) is 24.7 Å². The third-order valence-electron chi connectivity index (χ3n) is 3.19. The number of hydrogen-bond acceptors (Lipinski definition) is 2. The molecule has 0 saturated carbocycles. The van der Waals surface area contributed by atoms with E-state index < -0.39 is 17.8 Å². The summed E-state index contributed by atoms with van der Waals surface area (Å²) in [4.78, 5) is 13.9. The summed E-state index contributed by atoms with van der Waals surface area (Å²) in [6, 6.07) is 11.2. The molecule has 0 heterocycles. The number of carbonyl (C=O) groups is 1. The van der Waals surface area contributed by atoms with Crippen molar-refractivity contribution >= 4 is 17.4 Å². The molecule has 4 nitrogen and oxygen atoms in total. The first-order valence-electron chi connectivity index (χ1n) is 7.23. The van der Waals surface area contributed by atoms with Gasteiger partial charge in [0.1, 0.15) is 0 Å². The lowest BCUT2D eigenvalue weighted by atomic mass is 10.1. The van der Waals surface area contributed by atoms with Gasteiger partial charge in [0.15, 0.2) is 0 Å². The van der Waals surface area contributed by atoms with Gasteiger partial charge in [-0.25, -0.2) is 4.79 Å². The van der Waals surface area contributed by atoms with E-state index >= 15 is 0 Å². The highest BCUT2D eigenvalue weighted by Crippen LogP contribution is 2.34.